The molecule has 5 N–H and O–H groups in total. The summed E-state index contributed by atoms with van der Waals surface area (Å²) in [5, 5.41) is 30.6. The molecular weight excluding hydrogens is 326 g/mol. The Bertz CT molecular complexity index is 753. The van der Waals surface area contributed by atoms with Crippen molar-refractivity contribution in [1.29, 1.82) is 0 Å². The average molecular weight is 342 g/mol. The predicted octanol–water partition coefficient (Wildman–Crippen LogP) is -0.380. The van der Waals surface area contributed by atoms with Gasteiger partial charge in [0.05, 0.1) is 12.9 Å². The molecule has 0 amide bonds. The molecule has 0 saturated carbocycles. The molecule has 0 aliphatic carbocycles. The number of halogens is 1. The molecule has 4 atom stereocenters. The standard InChI is InChI=1S/C13H16ClN5O4/c1-2-3-13(22)8(21)6(4-20)23-11(13)19-5-16-7-9(14)17-12(15)18-10(7)19/h2,5-6,8,11,20-22H,1,3-4H2,(H2,15,17,18)/t6-,8-,11-,13-/m1/s1. The average Bonchev–Trinajstić information content (AvgIpc) is 3.01. The van der Waals surface area contributed by atoms with E-state index in [1.165, 1.54) is 17.0 Å². The van der Waals surface area contributed by atoms with Crippen LogP contribution in [0.3, 0.4) is 0 Å². The van der Waals surface area contributed by atoms with Crippen molar-refractivity contribution in [1.82, 2.24) is 19.5 Å². The number of nitrogens with two attached hydrogens (primary N) is 1. The molecular formula is C13H16ClN5O4. The van der Waals surface area contributed by atoms with Gasteiger partial charge < -0.3 is 25.8 Å². The van der Waals surface area contributed by atoms with Crippen LogP contribution in [0.4, 0.5) is 5.95 Å². The molecule has 10 heteroatoms. The Morgan fingerprint density at radius 1 is 1.52 bits per heavy atom. The van der Waals surface area contributed by atoms with Crippen LogP contribution in [0.5, 0.6) is 0 Å². The normalized spacial score (nSPS) is 30.9. The third kappa shape index (κ3) is 2.37. The minimum Gasteiger partial charge on any atom is -0.394 e. The van der Waals surface area contributed by atoms with E-state index < -0.39 is 30.6 Å². The molecule has 23 heavy (non-hydrogen) atoms. The first-order valence-electron chi connectivity index (χ1n) is 6.85. The van der Waals surface area contributed by atoms with Crippen LogP contribution >= 0.6 is 11.6 Å². The first kappa shape index (κ1) is 16.1. The van der Waals surface area contributed by atoms with Gasteiger partial charge in [-0.05, 0) is 0 Å². The Morgan fingerprint density at radius 2 is 2.26 bits per heavy atom. The number of aliphatic hydroxyl groups is 3. The number of rotatable bonds is 4. The largest absolute Gasteiger partial charge is 0.394 e. The maximum atomic E-state index is 10.9. The number of aromatic nitrogens is 4. The van der Waals surface area contributed by atoms with E-state index in [2.05, 4.69) is 21.5 Å². The number of anilines is 1. The SMILES string of the molecule is C=CC[C@@]1(O)[C@H](O)[C@@H](CO)O[C@H]1n1cnc2c(Cl)nc(N)nc21. The van der Waals surface area contributed by atoms with Crippen molar-refractivity contribution in [2.45, 2.75) is 30.5 Å². The lowest BCUT2D eigenvalue weighted by Crippen LogP contribution is -2.46. The maximum absolute atomic E-state index is 10.9. The van der Waals surface area contributed by atoms with Crippen molar-refractivity contribution in [3.63, 3.8) is 0 Å². The topological polar surface area (TPSA) is 140 Å². The summed E-state index contributed by atoms with van der Waals surface area (Å²) in [5.74, 6) is -0.0613. The highest BCUT2D eigenvalue weighted by atomic mass is 35.5. The van der Waals surface area contributed by atoms with Crippen LogP contribution in [-0.4, -0.2) is 59.3 Å². The number of hydrogen-bond acceptors (Lipinski definition) is 8. The van der Waals surface area contributed by atoms with Crippen molar-refractivity contribution in [2.75, 3.05) is 12.3 Å². The van der Waals surface area contributed by atoms with E-state index in [1.807, 2.05) is 0 Å². The molecule has 1 fully saturated rings. The van der Waals surface area contributed by atoms with Gasteiger partial charge in [-0.15, -0.1) is 6.58 Å². The van der Waals surface area contributed by atoms with Crippen LogP contribution in [-0.2, 0) is 4.74 Å². The van der Waals surface area contributed by atoms with Crippen LogP contribution in [0.15, 0.2) is 19.0 Å². The number of hydrogen-bond donors (Lipinski definition) is 4. The number of ether oxygens (including phenoxy) is 1. The molecule has 3 heterocycles. The second-order valence-electron chi connectivity index (χ2n) is 5.34. The predicted molar refractivity (Wildman–Crippen MR) is 81.5 cm³/mol. The Balaban J connectivity index is 2.14. The number of nitrogens with zero attached hydrogens (tertiary/aromatic N) is 4. The van der Waals surface area contributed by atoms with Gasteiger partial charge in [-0.25, -0.2) is 4.98 Å². The number of imidazole rings is 1. The monoisotopic (exact) mass is 341 g/mol. The summed E-state index contributed by atoms with van der Waals surface area (Å²) < 4.78 is 7.01. The van der Waals surface area contributed by atoms with Crippen molar-refractivity contribution >= 4 is 28.7 Å². The smallest absolute Gasteiger partial charge is 0.223 e. The molecule has 0 unspecified atom stereocenters. The minimum atomic E-state index is -1.71. The highest BCUT2D eigenvalue weighted by Crippen LogP contribution is 2.42. The summed E-state index contributed by atoms with van der Waals surface area (Å²) in [6.45, 7) is 3.12. The van der Waals surface area contributed by atoms with Gasteiger partial charge in [-0.3, -0.25) is 4.57 Å². The number of fused-ring (bicyclic) bond motifs is 1. The van der Waals surface area contributed by atoms with Crippen LogP contribution in [0.1, 0.15) is 12.6 Å². The fraction of sp³-hybridized carbons (Fsp3) is 0.462. The van der Waals surface area contributed by atoms with E-state index in [-0.39, 0.29) is 28.7 Å². The van der Waals surface area contributed by atoms with Crippen molar-refractivity contribution in [3.8, 4) is 0 Å². The highest BCUT2D eigenvalue weighted by Gasteiger charge is 2.55. The Hall–Kier alpha value is -1.78. The maximum Gasteiger partial charge on any atom is 0.223 e. The summed E-state index contributed by atoms with van der Waals surface area (Å²) in [5.41, 5.74) is 4.42. The van der Waals surface area contributed by atoms with Gasteiger partial charge in [-0.2, -0.15) is 9.97 Å². The summed E-state index contributed by atoms with van der Waals surface area (Å²) in [7, 11) is 0. The zero-order valence-electron chi connectivity index (χ0n) is 12.0. The molecule has 124 valence electrons. The zero-order chi connectivity index (χ0) is 16.8. The van der Waals surface area contributed by atoms with Crippen molar-refractivity contribution < 1.29 is 20.1 Å². The lowest BCUT2D eigenvalue weighted by molar-refractivity contribution is -0.105. The molecule has 1 aliphatic heterocycles. The fourth-order valence-electron chi connectivity index (χ4n) is 2.80. The zero-order valence-corrected chi connectivity index (χ0v) is 12.8. The molecule has 3 rings (SSSR count). The third-order valence-electron chi connectivity index (χ3n) is 3.90. The lowest BCUT2D eigenvalue weighted by Gasteiger charge is -2.30. The first-order chi connectivity index (χ1) is 10.9. The van der Waals surface area contributed by atoms with Gasteiger partial charge in [0.25, 0.3) is 0 Å². The summed E-state index contributed by atoms with van der Waals surface area (Å²) >= 11 is 5.98. The van der Waals surface area contributed by atoms with E-state index in [1.54, 1.807) is 0 Å². The fourth-order valence-corrected chi connectivity index (χ4v) is 3.02. The second kappa shape index (κ2) is 5.69. The van der Waals surface area contributed by atoms with Crippen molar-refractivity contribution in [3.05, 3.63) is 24.1 Å². The van der Waals surface area contributed by atoms with Gasteiger partial charge >= 0.3 is 0 Å². The van der Waals surface area contributed by atoms with Crippen LogP contribution in [0.2, 0.25) is 5.15 Å². The van der Waals surface area contributed by atoms with Gasteiger partial charge in [0.2, 0.25) is 5.95 Å². The van der Waals surface area contributed by atoms with Gasteiger partial charge in [0, 0.05) is 6.42 Å². The van der Waals surface area contributed by atoms with E-state index >= 15 is 0 Å². The van der Waals surface area contributed by atoms with E-state index in [4.69, 9.17) is 22.1 Å². The van der Waals surface area contributed by atoms with Gasteiger partial charge in [0.15, 0.2) is 17.0 Å². The molecule has 0 spiro atoms. The van der Waals surface area contributed by atoms with Crippen LogP contribution in [0.25, 0.3) is 11.2 Å². The summed E-state index contributed by atoms with van der Waals surface area (Å²) in [6.07, 6.45) is -0.490. The Kier molecular flexibility index (Phi) is 3.98. The van der Waals surface area contributed by atoms with Gasteiger partial charge in [-0.1, -0.05) is 17.7 Å². The van der Waals surface area contributed by atoms with Gasteiger partial charge in [0.1, 0.15) is 23.3 Å². The summed E-state index contributed by atoms with van der Waals surface area (Å²) in [6, 6.07) is 0. The van der Waals surface area contributed by atoms with E-state index in [9.17, 15) is 15.3 Å². The molecule has 2 aromatic heterocycles. The minimum absolute atomic E-state index is 0.0311. The second-order valence-corrected chi connectivity index (χ2v) is 5.69. The lowest BCUT2D eigenvalue weighted by atomic mass is 9.90. The van der Waals surface area contributed by atoms with E-state index in [0.29, 0.717) is 0 Å². The first-order valence-corrected chi connectivity index (χ1v) is 7.23. The molecule has 2 aromatic rings. The molecule has 1 aliphatic rings. The highest BCUT2D eigenvalue weighted by molar-refractivity contribution is 6.33. The number of nitrogen functional groups attached to an aromatic ring is 1. The Labute approximate surface area is 136 Å². The quantitative estimate of drug-likeness (QED) is 0.436. The van der Waals surface area contributed by atoms with Crippen LogP contribution < -0.4 is 5.73 Å². The molecule has 0 aromatic carbocycles. The molecule has 0 radical (unpaired) electrons. The number of aliphatic hydroxyl groups excluding tert-OH is 2. The van der Waals surface area contributed by atoms with E-state index in [0.717, 1.165) is 0 Å². The molecule has 9 nitrogen and oxygen atoms in total. The van der Waals surface area contributed by atoms with Crippen LogP contribution in [0, 0.1) is 0 Å². The van der Waals surface area contributed by atoms with Crippen molar-refractivity contribution in [2.24, 2.45) is 0 Å². The molecule has 0 bridgehead atoms. The third-order valence-corrected chi connectivity index (χ3v) is 4.16. The summed E-state index contributed by atoms with van der Waals surface area (Å²) in [4.78, 5) is 12.0. The molecule has 1 saturated heterocycles. The Morgan fingerprint density at radius 3 is 2.91 bits per heavy atom.